The van der Waals surface area contributed by atoms with E-state index < -0.39 is 17.8 Å². The second kappa shape index (κ2) is 7.32. The van der Waals surface area contributed by atoms with Gasteiger partial charge in [0, 0.05) is 10.6 Å². The zero-order chi connectivity index (χ0) is 18.8. The number of nitriles is 1. The fourth-order valence-corrected chi connectivity index (χ4v) is 3.02. The first kappa shape index (κ1) is 18.2. The summed E-state index contributed by atoms with van der Waals surface area (Å²) in [5.41, 5.74) is 0.447. The molecular formula is C17H10BrClFN3O3. The lowest BCUT2D eigenvalue weighted by atomic mass is 10.2. The van der Waals surface area contributed by atoms with Crippen molar-refractivity contribution in [3.63, 3.8) is 0 Å². The summed E-state index contributed by atoms with van der Waals surface area (Å²) in [7, 11) is 0. The first-order chi connectivity index (χ1) is 12.4. The Hall–Kier alpha value is -2.63. The molecule has 0 bridgehead atoms. The maximum absolute atomic E-state index is 14.9. The highest BCUT2D eigenvalue weighted by Gasteiger charge is 2.28. The van der Waals surface area contributed by atoms with Gasteiger partial charge in [-0.15, -0.1) is 0 Å². The number of hydrogen-bond acceptors (Lipinski definition) is 4. The number of imide groups is 1. The van der Waals surface area contributed by atoms with Gasteiger partial charge in [-0.05, 0) is 40.2 Å². The quantitative estimate of drug-likeness (QED) is 0.733. The highest BCUT2D eigenvalue weighted by Crippen LogP contribution is 2.35. The molecule has 0 atom stereocenters. The molecule has 6 nitrogen and oxygen atoms in total. The molecule has 2 aromatic carbocycles. The minimum absolute atomic E-state index is 0.0912. The summed E-state index contributed by atoms with van der Waals surface area (Å²) >= 11 is 9.15. The molecule has 1 fully saturated rings. The normalized spacial score (nSPS) is 13.5. The van der Waals surface area contributed by atoms with E-state index >= 15 is 0 Å². The van der Waals surface area contributed by atoms with Crippen LogP contribution in [-0.4, -0.2) is 23.4 Å². The number of ether oxygens (including phenoxy) is 1. The van der Waals surface area contributed by atoms with Gasteiger partial charge in [0.2, 0.25) is 5.91 Å². The first-order valence-corrected chi connectivity index (χ1v) is 8.48. The van der Waals surface area contributed by atoms with Gasteiger partial charge in [0.15, 0.2) is 11.6 Å². The molecule has 0 spiro atoms. The molecule has 0 unspecified atom stereocenters. The van der Waals surface area contributed by atoms with Crippen LogP contribution in [0.25, 0.3) is 0 Å². The van der Waals surface area contributed by atoms with Crippen LogP contribution in [-0.2, 0) is 11.3 Å². The predicted octanol–water partition coefficient (Wildman–Crippen LogP) is 3.96. The summed E-state index contributed by atoms with van der Waals surface area (Å²) < 4.78 is 20.8. The average molecular weight is 439 g/mol. The second-order valence-corrected chi connectivity index (χ2v) is 6.74. The third-order valence-corrected chi connectivity index (χ3v) is 4.42. The zero-order valence-electron chi connectivity index (χ0n) is 13.1. The van der Waals surface area contributed by atoms with E-state index in [-0.39, 0.29) is 40.7 Å². The number of nitrogens with zero attached hydrogens (tertiary/aromatic N) is 2. The molecule has 0 radical (unpaired) electrons. The number of carbonyl (C=O) groups excluding carboxylic acids is 2. The van der Waals surface area contributed by atoms with Gasteiger partial charge in [-0.25, -0.2) is 9.18 Å². The molecular weight excluding hydrogens is 429 g/mol. The smallest absolute Gasteiger partial charge is 0.324 e. The van der Waals surface area contributed by atoms with E-state index in [0.717, 1.165) is 0 Å². The predicted molar refractivity (Wildman–Crippen MR) is 94.3 cm³/mol. The van der Waals surface area contributed by atoms with E-state index in [4.69, 9.17) is 21.6 Å². The largest absolute Gasteiger partial charge is 0.453 e. The van der Waals surface area contributed by atoms with Crippen LogP contribution in [0.2, 0.25) is 5.02 Å². The Labute approximate surface area is 161 Å². The van der Waals surface area contributed by atoms with E-state index in [0.29, 0.717) is 4.47 Å². The van der Waals surface area contributed by atoms with Crippen molar-refractivity contribution in [1.29, 1.82) is 5.26 Å². The minimum Gasteiger partial charge on any atom is -0.453 e. The minimum atomic E-state index is -0.690. The number of benzene rings is 2. The van der Waals surface area contributed by atoms with Gasteiger partial charge in [-0.1, -0.05) is 17.7 Å². The number of hydrogen-bond donors (Lipinski definition) is 1. The third-order valence-electron chi connectivity index (χ3n) is 3.58. The van der Waals surface area contributed by atoms with Crippen molar-refractivity contribution in [2.24, 2.45) is 0 Å². The highest BCUT2D eigenvalue weighted by molar-refractivity contribution is 9.10. The molecule has 1 aliphatic heterocycles. The number of amides is 3. The molecule has 1 saturated heterocycles. The molecule has 2 aromatic rings. The van der Waals surface area contributed by atoms with E-state index in [1.165, 1.54) is 29.2 Å². The molecule has 0 aromatic heterocycles. The summed E-state index contributed by atoms with van der Waals surface area (Å²) in [6.07, 6.45) is 0. The lowest BCUT2D eigenvalue weighted by molar-refractivity contribution is -0.118. The van der Waals surface area contributed by atoms with Gasteiger partial charge in [-0.3, -0.25) is 10.1 Å². The number of nitrogens with one attached hydrogen (secondary N) is 1. The summed E-state index contributed by atoms with van der Waals surface area (Å²) in [5.74, 6) is -1.04. The highest BCUT2D eigenvalue weighted by atomic mass is 79.9. The molecule has 9 heteroatoms. The molecule has 132 valence electrons. The van der Waals surface area contributed by atoms with Crippen LogP contribution in [0.4, 0.5) is 9.18 Å². The van der Waals surface area contributed by atoms with Crippen LogP contribution >= 0.6 is 27.5 Å². The van der Waals surface area contributed by atoms with E-state index in [1.807, 2.05) is 6.07 Å². The maximum Gasteiger partial charge on any atom is 0.324 e. The van der Waals surface area contributed by atoms with E-state index in [1.54, 1.807) is 6.07 Å². The molecule has 1 N–H and O–H groups in total. The number of urea groups is 1. The molecule has 0 aliphatic carbocycles. The Bertz CT molecular complexity index is 961. The topological polar surface area (TPSA) is 82.4 Å². The summed E-state index contributed by atoms with van der Waals surface area (Å²) in [6.45, 7) is -0.226. The summed E-state index contributed by atoms with van der Waals surface area (Å²) in [6, 6.07) is 8.76. The van der Waals surface area contributed by atoms with Crippen molar-refractivity contribution in [3.8, 4) is 17.6 Å². The van der Waals surface area contributed by atoms with Gasteiger partial charge >= 0.3 is 6.03 Å². The lowest BCUT2D eigenvalue weighted by Crippen LogP contribution is -2.28. The van der Waals surface area contributed by atoms with Crippen LogP contribution in [0, 0.1) is 17.1 Å². The number of rotatable bonds is 4. The Morgan fingerprint density at radius 3 is 2.77 bits per heavy atom. The van der Waals surface area contributed by atoms with Gasteiger partial charge in [-0.2, -0.15) is 5.26 Å². The van der Waals surface area contributed by atoms with Gasteiger partial charge in [0.1, 0.15) is 12.3 Å². The fraction of sp³-hybridized carbons (Fsp3) is 0.118. The van der Waals surface area contributed by atoms with Crippen molar-refractivity contribution in [3.05, 3.63) is 56.8 Å². The molecule has 1 aliphatic rings. The Balaban J connectivity index is 1.91. The Morgan fingerprint density at radius 1 is 1.35 bits per heavy atom. The zero-order valence-corrected chi connectivity index (χ0v) is 15.4. The standard InChI is InChI=1S/C17H10BrClFN3O3/c18-13-2-1-10(7-23-8-14(24)22-17(23)25)15(20)16(13)26-12-4-9(6-21)3-11(19)5-12/h1-5H,7-8H2,(H,22,24,25). The van der Waals surface area contributed by atoms with Gasteiger partial charge in [0.05, 0.1) is 22.7 Å². The van der Waals surface area contributed by atoms with Crippen LogP contribution in [0.1, 0.15) is 11.1 Å². The summed E-state index contributed by atoms with van der Waals surface area (Å²) in [5, 5.41) is 11.4. The van der Waals surface area contributed by atoms with E-state index in [2.05, 4.69) is 21.2 Å². The maximum atomic E-state index is 14.9. The Morgan fingerprint density at radius 2 is 2.12 bits per heavy atom. The van der Waals surface area contributed by atoms with Crippen molar-refractivity contribution < 1.29 is 18.7 Å². The first-order valence-electron chi connectivity index (χ1n) is 7.31. The SMILES string of the molecule is N#Cc1cc(Cl)cc(Oc2c(Br)ccc(CN3CC(=O)NC3=O)c2F)c1. The lowest BCUT2D eigenvalue weighted by Gasteiger charge is -2.16. The summed E-state index contributed by atoms with van der Waals surface area (Å²) in [4.78, 5) is 24.1. The van der Waals surface area contributed by atoms with Crippen LogP contribution in [0.5, 0.6) is 11.5 Å². The van der Waals surface area contributed by atoms with Crippen LogP contribution in [0.15, 0.2) is 34.8 Å². The second-order valence-electron chi connectivity index (χ2n) is 5.45. The molecule has 3 rings (SSSR count). The molecule has 0 saturated carbocycles. The molecule has 26 heavy (non-hydrogen) atoms. The van der Waals surface area contributed by atoms with Gasteiger partial charge in [0.25, 0.3) is 0 Å². The van der Waals surface area contributed by atoms with Crippen LogP contribution in [0.3, 0.4) is 0 Å². The van der Waals surface area contributed by atoms with Crippen LogP contribution < -0.4 is 10.1 Å². The monoisotopic (exact) mass is 437 g/mol. The van der Waals surface area contributed by atoms with Gasteiger partial charge < -0.3 is 9.64 Å². The van der Waals surface area contributed by atoms with E-state index in [9.17, 15) is 14.0 Å². The number of carbonyl (C=O) groups is 2. The fourth-order valence-electron chi connectivity index (χ4n) is 2.41. The molecule has 1 heterocycles. The van der Waals surface area contributed by atoms with Crippen molar-refractivity contribution >= 4 is 39.5 Å². The van der Waals surface area contributed by atoms with Crippen molar-refractivity contribution in [2.45, 2.75) is 6.54 Å². The molecule has 3 amide bonds. The van der Waals surface area contributed by atoms with Crippen molar-refractivity contribution in [2.75, 3.05) is 6.54 Å². The average Bonchev–Trinajstić information content (AvgIpc) is 2.91. The van der Waals surface area contributed by atoms with Crippen molar-refractivity contribution in [1.82, 2.24) is 10.2 Å². The third kappa shape index (κ3) is 3.79. The Kier molecular flexibility index (Phi) is 5.11. The number of halogens is 3.